The fourth-order valence-electron chi connectivity index (χ4n) is 1.85. The normalized spacial score (nSPS) is 19.3. The van der Waals surface area contributed by atoms with Gasteiger partial charge < -0.3 is 14.4 Å². The van der Waals surface area contributed by atoms with E-state index in [1.54, 1.807) is 4.90 Å². The van der Waals surface area contributed by atoms with Gasteiger partial charge in [0.05, 0.1) is 26.0 Å². The van der Waals surface area contributed by atoms with Gasteiger partial charge in [-0.25, -0.2) is 4.79 Å². The van der Waals surface area contributed by atoms with E-state index in [0.717, 1.165) is 11.5 Å². The smallest absolute Gasteiger partial charge is 0.336 e. The predicted octanol–water partition coefficient (Wildman–Crippen LogP) is 0.114. The lowest BCUT2D eigenvalue weighted by atomic mass is 10.2. The molecule has 0 N–H and O–H groups in total. The van der Waals surface area contributed by atoms with Crippen LogP contribution in [0.3, 0.4) is 0 Å². The molecule has 104 valence electrons. The Labute approximate surface area is 114 Å². The molecular weight excluding hydrogens is 270 g/mol. The molecule has 1 aromatic rings. The molecule has 0 bridgehead atoms. The van der Waals surface area contributed by atoms with Crippen molar-refractivity contribution in [1.29, 1.82) is 0 Å². The van der Waals surface area contributed by atoms with Crippen LogP contribution in [-0.2, 0) is 20.7 Å². The molecule has 1 atom stereocenters. The Bertz CT molecular complexity index is 476. The fraction of sp³-hybridized carbons (Fsp3) is 0.636. The van der Waals surface area contributed by atoms with Crippen molar-refractivity contribution in [3.8, 4) is 0 Å². The van der Waals surface area contributed by atoms with E-state index >= 15 is 0 Å². The zero-order valence-corrected chi connectivity index (χ0v) is 11.6. The number of nitrogens with zero attached hydrogens (tertiary/aromatic N) is 3. The number of ether oxygens (including phenoxy) is 2. The van der Waals surface area contributed by atoms with E-state index in [4.69, 9.17) is 4.74 Å². The van der Waals surface area contributed by atoms with Crippen molar-refractivity contribution >= 4 is 23.4 Å². The summed E-state index contributed by atoms with van der Waals surface area (Å²) in [5.74, 6) is -0.611. The lowest BCUT2D eigenvalue weighted by Crippen LogP contribution is -2.48. The van der Waals surface area contributed by atoms with Crippen molar-refractivity contribution in [3.05, 3.63) is 10.6 Å². The van der Waals surface area contributed by atoms with E-state index in [2.05, 4.69) is 14.3 Å². The number of morpholine rings is 1. The summed E-state index contributed by atoms with van der Waals surface area (Å²) in [7, 11) is 1.30. The van der Waals surface area contributed by atoms with Crippen molar-refractivity contribution in [2.75, 3.05) is 26.8 Å². The van der Waals surface area contributed by atoms with Gasteiger partial charge in [-0.05, 0) is 18.0 Å². The van der Waals surface area contributed by atoms with Gasteiger partial charge in [-0.1, -0.05) is 11.4 Å². The van der Waals surface area contributed by atoms with Crippen molar-refractivity contribution < 1.29 is 19.1 Å². The lowest BCUT2D eigenvalue weighted by Gasteiger charge is -2.31. The van der Waals surface area contributed by atoms with Crippen molar-refractivity contribution in [2.45, 2.75) is 19.4 Å². The molecule has 1 aliphatic heterocycles. The van der Waals surface area contributed by atoms with Gasteiger partial charge in [0.1, 0.15) is 4.88 Å². The molecule has 1 amide bonds. The summed E-state index contributed by atoms with van der Waals surface area (Å²) in [6.45, 7) is 2.89. The number of hydrogen-bond donors (Lipinski definition) is 0. The van der Waals surface area contributed by atoms with E-state index in [1.165, 1.54) is 7.11 Å². The Hall–Kier alpha value is -1.54. The summed E-state index contributed by atoms with van der Waals surface area (Å²) in [5.41, 5.74) is 0.691. The SMILES string of the molecule is CCc1nnsc1C(=O)N1CCOC(C(=O)OC)C1. The molecule has 19 heavy (non-hydrogen) atoms. The number of methoxy groups -OCH3 is 1. The third-order valence-electron chi connectivity index (χ3n) is 2.90. The van der Waals surface area contributed by atoms with Gasteiger partial charge in [0.2, 0.25) is 0 Å². The summed E-state index contributed by atoms with van der Waals surface area (Å²) >= 11 is 1.08. The average Bonchev–Trinajstić information content (AvgIpc) is 2.94. The van der Waals surface area contributed by atoms with Crippen LogP contribution in [0, 0.1) is 0 Å². The fourth-order valence-corrected chi connectivity index (χ4v) is 2.57. The molecule has 0 aromatic carbocycles. The summed E-state index contributed by atoms with van der Waals surface area (Å²) in [5, 5.41) is 3.92. The maximum absolute atomic E-state index is 12.3. The Morgan fingerprint density at radius 2 is 2.37 bits per heavy atom. The first-order valence-corrected chi connectivity index (χ1v) is 6.74. The molecular formula is C11H15N3O4S. The van der Waals surface area contributed by atoms with Gasteiger partial charge in [-0.15, -0.1) is 5.10 Å². The molecule has 7 nitrogen and oxygen atoms in total. The van der Waals surface area contributed by atoms with Crippen LogP contribution < -0.4 is 0 Å². The largest absolute Gasteiger partial charge is 0.467 e. The number of amides is 1. The van der Waals surface area contributed by atoms with Gasteiger partial charge in [-0.2, -0.15) is 0 Å². The molecule has 1 aromatic heterocycles. The van der Waals surface area contributed by atoms with Crippen LogP contribution in [0.4, 0.5) is 0 Å². The Morgan fingerprint density at radius 1 is 1.58 bits per heavy atom. The first kappa shape index (κ1) is 13.9. The second kappa shape index (κ2) is 6.07. The quantitative estimate of drug-likeness (QED) is 0.733. The summed E-state index contributed by atoms with van der Waals surface area (Å²) in [6, 6.07) is 0. The first-order valence-electron chi connectivity index (χ1n) is 5.97. The Morgan fingerprint density at radius 3 is 3.05 bits per heavy atom. The average molecular weight is 285 g/mol. The molecule has 0 saturated carbocycles. The minimum Gasteiger partial charge on any atom is -0.467 e. The molecule has 1 aliphatic rings. The number of esters is 1. The molecule has 0 spiro atoms. The summed E-state index contributed by atoms with van der Waals surface area (Å²) in [6.07, 6.45) is -0.0591. The van der Waals surface area contributed by atoms with Gasteiger partial charge >= 0.3 is 5.97 Å². The molecule has 2 heterocycles. The van der Waals surface area contributed by atoms with Gasteiger partial charge in [-0.3, -0.25) is 4.79 Å². The van der Waals surface area contributed by atoms with E-state index in [9.17, 15) is 9.59 Å². The first-order chi connectivity index (χ1) is 9.17. The number of hydrogen-bond acceptors (Lipinski definition) is 7. The van der Waals surface area contributed by atoms with Crippen LogP contribution in [0.1, 0.15) is 22.3 Å². The van der Waals surface area contributed by atoms with Crippen molar-refractivity contribution in [1.82, 2.24) is 14.5 Å². The highest BCUT2D eigenvalue weighted by atomic mass is 32.1. The molecule has 1 saturated heterocycles. The third-order valence-corrected chi connectivity index (χ3v) is 3.66. The number of carbonyl (C=O) groups is 2. The lowest BCUT2D eigenvalue weighted by molar-refractivity contribution is -0.158. The van der Waals surface area contributed by atoms with Crippen LogP contribution in [0.5, 0.6) is 0 Å². The third kappa shape index (κ3) is 2.90. The topological polar surface area (TPSA) is 81.6 Å². The number of aryl methyl sites for hydroxylation is 1. The Kier molecular flexibility index (Phi) is 4.43. The minimum absolute atomic E-state index is 0.149. The number of carbonyl (C=O) groups excluding carboxylic acids is 2. The molecule has 0 aliphatic carbocycles. The minimum atomic E-state index is -0.714. The van der Waals surface area contributed by atoms with Crippen molar-refractivity contribution in [2.24, 2.45) is 0 Å². The van der Waals surface area contributed by atoms with Crippen LogP contribution in [0.25, 0.3) is 0 Å². The molecule has 1 unspecified atom stereocenters. The van der Waals surface area contributed by atoms with E-state index in [0.29, 0.717) is 30.1 Å². The van der Waals surface area contributed by atoms with Gasteiger partial charge in [0, 0.05) is 6.54 Å². The highest BCUT2D eigenvalue weighted by Gasteiger charge is 2.31. The van der Waals surface area contributed by atoms with Crippen LogP contribution in [-0.4, -0.2) is 59.3 Å². The van der Waals surface area contributed by atoms with Crippen molar-refractivity contribution in [3.63, 3.8) is 0 Å². The summed E-state index contributed by atoms with van der Waals surface area (Å²) in [4.78, 5) is 25.9. The monoisotopic (exact) mass is 285 g/mol. The van der Waals surface area contributed by atoms with E-state index in [1.807, 2.05) is 6.92 Å². The Balaban J connectivity index is 2.09. The standard InChI is InChI=1S/C11H15N3O4S/c1-3-7-9(19-13-12-7)10(15)14-4-5-18-8(6-14)11(16)17-2/h8H,3-6H2,1-2H3. The maximum Gasteiger partial charge on any atom is 0.336 e. The zero-order valence-electron chi connectivity index (χ0n) is 10.8. The highest BCUT2D eigenvalue weighted by molar-refractivity contribution is 7.08. The van der Waals surface area contributed by atoms with E-state index < -0.39 is 12.1 Å². The van der Waals surface area contributed by atoms with Crippen LogP contribution in [0.2, 0.25) is 0 Å². The van der Waals surface area contributed by atoms with Crippen LogP contribution >= 0.6 is 11.5 Å². The zero-order chi connectivity index (χ0) is 13.8. The van der Waals surface area contributed by atoms with E-state index in [-0.39, 0.29) is 12.5 Å². The second-order valence-corrected chi connectivity index (χ2v) is 4.79. The highest BCUT2D eigenvalue weighted by Crippen LogP contribution is 2.17. The predicted molar refractivity (Wildman–Crippen MR) is 66.9 cm³/mol. The molecule has 8 heteroatoms. The molecule has 0 radical (unpaired) electrons. The summed E-state index contributed by atoms with van der Waals surface area (Å²) < 4.78 is 13.7. The number of aromatic nitrogens is 2. The molecule has 2 rings (SSSR count). The van der Waals surface area contributed by atoms with Crippen LogP contribution in [0.15, 0.2) is 0 Å². The maximum atomic E-state index is 12.3. The molecule has 1 fully saturated rings. The second-order valence-electron chi connectivity index (χ2n) is 4.04. The van der Waals surface area contributed by atoms with Gasteiger partial charge in [0.25, 0.3) is 5.91 Å². The number of rotatable bonds is 3. The van der Waals surface area contributed by atoms with Gasteiger partial charge in [0.15, 0.2) is 6.10 Å².